The van der Waals surface area contributed by atoms with Crippen LogP contribution in [0.5, 0.6) is 0 Å². The number of nitrogens with one attached hydrogen (secondary N) is 2. The molecule has 0 aliphatic rings. The topological polar surface area (TPSA) is 102 Å². The minimum absolute atomic E-state index is 0.219. The van der Waals surface area contributed by atoms with Crippen molar-refractivity contribution in [2.45, 2.75) is 6.92 Å². The number of hydrogen-bond donors (Lipinski definition) is 2. The Bertz CT molecular complexity index is 1200. The molecule has 0 aliphatic heterocycles. The van der Waals surface area contributed by atoms with Gasteiger partial charge in [0.15, 0.2) is 11.5 Å². The van der Waals surface area contributed by atoms with Gasteiger partial charge in [0, 0.05) is 15.8 Å². The van der Waals surface area contributed by atoms with Crippen LogP contribution in [0.1, 0.15) is 26.7 Å². The van der Waals surface area contributed by atoms with Gasteiger partial charge in [0.1, 0.15) is 0 Å². The average Bonchev–Trinajstić information content (AvgIpc) is 3.39. The summed E-state index contributed by atoms with van der Waals surface area (Å²) in [5.41, 5.74) is 2.78. The van der Waals surface area contributed by atoms with E-state index in [9.17, 15) is 9.59 Å². The molecule has 0 saturated carbocycles. The average molecular weight is 466 g/mol. The van der Waals surface area contributed by atoms with Crippen molar-refractivity contribution >= 4 is 39.1 Å². The third-order valence-corrected chi connectivity index (χ3v) is 4.80. The highest BCUT2D eigenvalue weighted by Gasteiger charge is 2.18. The van der Waals surface area contributed by atoms with E-state index in [2.05, 4.69) is 36.9 Å². The summed E-state index contributed by atoms with van der Waals surface area (Å²) in [7, 11) is 0. The van der Waals surface area contributed by atoms with Crippen LogP contribution in [-0.2, 0) is 0 Å². The van der Waals surface area contributed by atoms with E-state index in [1.54, 1.807) is 48.0 Å². The summed E-state index contributed by atoms with van der Waals surface area (Å²) in [6.07, 6.45) is 1.43. The molecule has 2 aromatic carbocycles. The molecule has 30 heavy (non-hydrogen) atoms. The number of furan rings is 1. The normalized spacial score (nSPS) is 10.6. The second-order valence-electron chi connectivity index (χ2n) is 6.38. The van der Waals surface area contributed by atoms with Crippen molar-refractivity contribution in [2.24, 2.45) is 0 Å². The molecule has 0 spiro atoms. The Balaban J connectivity index is 1.45. The SMILES string of the molecule is Cc1c(C(=O)Nc2ccc(NC(=O)c3ccco3)cc2)nnn1-c1cccc(Br)c1. The smallest absolute Gasteiger partial charge is 0.291 e. The lowest BCUT2D eigenvalue weighted by atomic mass is 10.2. The first-order chi connectivity index (χ1) is 14.5. The van der Waals surface area contributed by atoms with Crippen molar-refractivity contribution < 1.29 is 14.0 Å². The quantitative estimate of drug-likeness (QED) is 0.453. The van der Waals surface area contributed by atoms with Gasteiger partial charge in [0.25, 0.3) is 11.8 Å². The van der Waals surface area contributed by atoms with Crippen LogP contribution in [0.2, 0.25) is 0 Å². The molecule has 2 aromatic heterocycles. The third kappa shape index (κ3) is 4.15. The molecule has 9 heteroatoms. The van der Waals surface area contributed by atoms with Crippen molar-refractivity contribution in [1.29, 1.82) is 0 Å². The molecule has 2 amide bonds. The first-order valence-electron chi connectivity index (χ1n) is 8.96. The number of carbonyl (C=O) groups excluding carboxylic acids is 2. The van der Waals surface area contributed by atoms with E-state index >= 15 is 0 Å². The van der Waals surface area contributed by atoms with Gasteiger partial charge in [-0.2, -0.15) is 0 Å². The highest BCUT2D eigenvalue weighted by atomic mass is 79.9. The van der Waals surface area contributed by atoms with Gasteiger partial charge in [0.2, 0.25) is 0 Å². The van der Waals surface area contributed by atoms with Gasteiger partial charge in [-0.15, -0.1) is 5.10 Å². The predicted molar refractivity (Wildman–Crippen MR) is 115 cm³/mol. The van der Waals surface area contributed by atoms with Crippen molar-refractivity contribution in [3.05, 3.63) is 88.5 Å². The minimum atomic E-state index is -0.374. The van der Waals surface area contributed by atoms with Gasteiger partial charge in [0.05, 0.1) is 17.6 Å². The number of anilines is 2. The maximum atomic E-state index is 12.6. The molecule has 0 radical (unpaired) electrons. The van der Waals surface area contributed by atoms with Gasteiger partial charge in [-0.1, -0.05) is 27.2 Å². The lowest BCUT2D eigenvalue weighted by Crippen LogP contribution is -2.14. The van der Waals surface area contributed by atoms with Crippen molar-refractivity contribution in [2.75, 3.05) is 10.6 Å². The number of aromatic nitrogens is 3. The van der Waals surface area contributed by atoms with E-state index < -0.39 is 0 Å². The summed E-state index contributed by atoms with van der Waals surface area (Å²) in [6.45, 7) is 1.78. The zero-order valence-electron chi connectivity index (χ0n) is 15.8. The molecule has 0 bridgehead atoms. The number of halogens is 1. The number of hydrogen-bond acceptors (Lipinski definition) is 5. The Labute approximate surface area is 180 Å². The van der Waals surface area contributed by atoms with Crippen LogP contribution in [0, 0.1) is 6.92 Å². The van der Waals surface area contributed by atoms with E-state index in [4.69, 9.17) is 4.42 Å². The Morgan fingerprint density at radius 3 is 2.30 bits per heavy atom. The summed E-state index contributed by atoms with van der Waals surface area (Å²) < 4.78 is 7.56. The molecule has 4 rings (SSSR count). The fourth-order valence-corrected chi connectivity index (χ4v) is 3.21. The summed E-state index contributed by atoms with van der Waals surface area (Å²) in [6, 6.07) is 17.5. The van der Waals surface area contributed by atoms with Crippen molar-refractivity contribution in [1.82, 2.24) is 15.0 Å². The molecule has 2 N–H and O–H groups in total. The molecule has 0 aliphatic carbocycles. The monoisotopic (exact) mass is 465 g/mol. The first kappa shape index (κ1) is 19.6. The lowest BCUT2D eigenvalue weighted by molar-refractivity contribution is 0.0994. The molecule has 0 unspecified atom stereocenters. The number of rotatable bonds is 5. The number of nitrogens with zero attached hydrogens (tertiary/aromatic N) is 3. The Morgan fingerprint density at radius 2 is 1.67 bits per heavy atom. The summed E-state index contributed by atoms with van der Waals surface area (Å²) >= 11 is 3.42. The zero-order chi connectivity index (χ0) is 21.1. The molecule has 0 saturated heterocycles. The van der Waals surface area contributed by atoms with Gasteiger partial charge in [-0.3, -0.25) is 9.59 Å². The van der Waals surface area contributed by atoms with Gasteiger partial charge >= 0.3 is 0 Å². The standard InChI is InChI=1S/C21H16BrN5O3/c1-13-19(25-26-27(13)17-5-2-4-14(22)12-17)21(29)24-16-9-7-15(8-10-16)23-20(28)18-6-3-11-30-18/h2-12H,1H3,(H,23,28)(H,24,29). The van der Waals surface area contributed by atoms with Crippen molar-refractivity contribution in [3.63, 3.8) is 0 Å². The van der Waals surface area contributed by atoms with Crippen molar-refractivity contribution in [3.8, 4) is 5.69 Å². The zero-order valence-corrected chi connectivity index (χ0v) is 17.4. The van der Waals surface area contributed by atoms with E-state index in [0.717, 1.165) is 10.2 Å². The molecule has 4 aromatic rings. The number of benzene rings is 2. The summed E-state index contributed by atoms with van der Waals surface area (Å²) in [5, 5.41) is 13.6. The van der Waals surface area contributed by atoms with Gasteiger partial charge in [-0.05, 0) is 61.5 Å². The Morgan fingerprint density at radius 1 is 0.967 bits per heavy atom. The van der Waals surface area contributed by atoms with Crippen LogP contribution < -0.4 is 10.6 Å². The second kappa shape index (κ2) is 8.34. The third-order valence-electron chi connectivity index (χ3n) is 4.31. The van der Waals surface area contributed by atoms with Gasteiger partial charge in [-0.25, -0.2) is 4.68 Å². The van der Waals surface area contributed by atoms with Crippen LogP contribution in [-0.4, -0.2) is 26.8 Å². The number of carbonyl (C=O) groups is 2. The molecule has 8 nitrogen and oxygen atoms in total. The van der Waals surface area contributed by atoms with E-state index in [1.807, 2.05) is 24.3 Å². The molecule has 0 fully saturated rings. The molecule has 0 atom stereocenters. The van der Waals surface area contributed by atoms with E-state index in [-0.39, 0.29) is 23.3 Å². The summed E-state index contributed by atoms with van der Waals surface area (Å²) in [5.74, 6) is -0.505. The molecular weight excluding hydrogens is 450 g/mol. The first-order valence-corrected chi connectivity index (χ1v) is 9.75. The Hall–Kier alpha value is -3.72. The highest BCUT2D eigenvalue weighted by molar-refractivity contribution is 9.10. The molecule has 2 heterocycles. The largest absolute Gasteiger partial charge is 0.459 e. The fourth-order valence-electron chi connectivity index (χ4n) is 2.82. The number of amides is 2. The van der Waals surface area contributed by atoms with Crippen LogP contribution in [0.3, 0.4) is 0 Å². The predicted octanol–water partition coefficient (Wildman–Crippen LogP) is 4.44. The molecule has 150 valence electrons. The van der Waals surface area contributed by atoms with Crippen LogP contribution in [0.25, 0.3) is 5.69 Å². The fraction of sp³-hybridized carbons (Fsp3) is 0.0476. The van der Waals surface area contributed by atoms with E-state index in [0.29, 0.717) is 17.1 Å². The minimum Gasteiger partial charge on any atom is -0.459 e. The lowest BCUT2D eigenvalue weighted by Gasteiger charge is -2.07. The van der Waals surface area contributed by atoms with Crippen LogP contribution >= 0.6 is 15.9 Å². The highest BCUT2D eigenvalue weighted by Crippen LogP contribution is 2.19. The second-order valence-corrected chi connectivity index (χ2v) is 7.29. The summed E-state index contributed by atoms with van der Waals surface area (Å²) in [4.78, 5) is 24.7. The van der Waals surface area contributed by atoms with Crippen LogP contribution in [0.15, 0.2) is 75.8 Å². The Kier molecular flexibility index (Phi) is 5.44. The van der Waals surface area contributed by atoms with Crippen LogP contribution in [0.4, 0.5) is 11.4 Å². The van der Waals surface area contributed by atoms with E-state index in [1.165, 1.54) is 6.26 Å². The maximum Gasteiger partial charge on any atom is 0.291 e. The van der Waals surface area contributed by atoms with Gasteiger partial charge < -0.3 is 15.1 Å². The maximum absolute atomic E-state index is 12.6. The molecular formula is C21H16BrN5O3.